The number of hydrogen-bond donors (Lipinski definition) is 0. The average molecular weight is 354 g/mol. The number of piperidine rings is 1. The van der Waals surface area contributed by atoms with Gasteiger partial charge in [0.15, 0.2) is 5.69 Å². The summed E-state index contributed by atoms with van der Waals surface area (Å²) in [7, 11) is 4.06. The van der Waals surface area contributed by atoms with E-state index in [1.807, 2.05) is 31.0 Å². The molecule has 26 heavy (non-hydrogen) atoms. The molecule has 0 unspecified atom stereocenters. The summed E-state index contributed by atoms with van der Waals surface area (Å²) in [6.07, 6.45) is 3.28. The maximum atomic E-state index is 13.1. The van der Waals surface area contributed by atoms with Crippen LogP contribution in [0.25, 0.3) is 0 Å². The molecular weight excluding hydrogens is 324 g/mol. The van der Waals surface area contributed by atoms with Crippen LogP contribution in [0.1, 0.15) is 34.6 Å². The highest BCUT2D eigenvalue weighted by molar-refractivity contribution is 5.92. The van der Waals surface area contributed by atoms with Gasteiger partial charge in [0.2, 0.25) is 0 Å². The van der Waals surface area contributed by atoms with Crippen LogP contribution in [0.3, 0.4) is 0 Å². The van der Waals surface area contributed by atoms with Crippen molar-refractivity contribution in [2.75, 3.05) is 33.2 Å². The molecule has 5 nitrogen and oxygen atoms in total. The van der Waals surface area contributed by atoms with E-state index in [1.54, 1.807) is 4.68 Å². The number of aryl methyl sites for hydroxylation is 2. The van der Waals surface area contributed by atoms with Gasteiger partial charge in [-0.05, 0) is 57.3 Å². The van der Waals surface area contributed by atoms with E-state index in [9.17, 15) is 4.79 Å². The molecule has 1 aromatic heterocycles. The van der Waals surface area contributed by atoms with Crippen LogP contribution in [0.15, 0.2) is 36.4 Å². The number of nitrogens with zero attached hydrogens (tertiary/aromatic N) is 4. The van der Waals surface area contributed by atoms with E-state index >= 15 is 0 Å². The van der Waals surface area contributed by atoms with Crippen LogP contribution in [0.2, 0.25) is 0 Å². The lowest BCUT2D eigenvalue weighted by Gasteiger charge is -2.33. The summed E-state index contributed by atoms with van der Waals surface area (Å²) in [5, 5.41) is 4.41. The molecule has 0 aliphatic carbocycles. The third-order valence-electron chi connectivity index (χ3n) is 5.33. The first-order valence-electron chi connectivity index (χ1n) is 9.55. The zero-order valence-electron chi connectivity index (χ0n) is 16.2. The maximum absolute atomic E-state index is 13.1. The van der Waals surface area contributed by atoms with Crippen LogP contribution in [0.4, 0.5) is 0 Å². The van der Waals surface area contributed by atoms with Gasteiger partial charge in [0.25, 0.3) is 5.91 Å². The van der Waals surface area contributed by atoms with Gasteiger partial charge in [-0.2, -0.15) is 5.10 Å². The third kappa shape index (κ3) is 4.73. The second kappa shape index (κ2) is 8.49. The van der Waals surface area contributed by atoms with Gasteiger partial charge < -0.3 is 9.80 Å². The van der Waals surface area contributed by atoms with Crippen molar-refractivity contribution in [3.63, 3.8) is 0 Å². The van der Waals surface area contributed by atoms with E-state index in [0.717, 1.165) is 38.3 Å². The number of carbonyl (C=O) groups is 1. The lowest BCUT2D eigenvalue weighted by atomic mass is 9.97. The molecule has 1 aromatic carbocycles. The van der Waals surface area contributed by atoms with Crippen molar-refractivity contribution < 1.29 is 4.79 Å². The van der Waals surface area contributed by atoms with Crippen molar-refractivity contribution in [3.05, 3.63) is 53.3 Å². The molecule has 1 amide bonds. The SMILES string of the molecule is Cc1cc(C(=O)N(CCc2ccccc2)C[C@H]2CCCN(C)C2)nn1C. The lowest BCUT2D eigenvalue weighted by Crippen LogP contribution is -2.42. The number of amides is 1. The van der Waals surface area contributed by atoms with Gasteiger partial charge in [-0.15, -0.1) is 0 Å². The average Bonchev–Trinajstić information content (AvgIpc) is 2.98. The van der Waals surface area contributed by atoms with Crippen LogP contribution in [-0.4, -0.2) is 58.7 Å². The highest BCUT2D eigenvalue weighted by atomic mass is 16.2. The first kappa shape index (κ1) is 18.6. The minimum absolute atomic E-state index is 0.0536. The van der Waals surface area contributed by atoms with E-state index in [4.69, 9.17) is 0 Å². The molecule has 1 fully saturated rings. The fourth-order valence-electron chi connectivity index (χ4n) is 3.75. The Morgan fingerprint density at radius 1 is 1.27 bits per heavy atom. The van der Waals surface area contributed by atoms with E-state index in [0.29, 0.717) is 11.6 Å². The molecule has 0 saturated carbocycles. The summed E-state index contributed by atoms with van der Waals surface area (Å²) in [4.78, 5) is 17.5. The quantitative estimate of drug-likeness (QED) is 0.801. The van der Waals surface area contributed by atoms with Gasteiger partial charge in [-0.3, -0.25) is 9.48 Å². The van der Waals surface area contributed by atoms with Gasteiger partial charge >= 0.3 is 0 Å². The number of aromatic nitrogens is 2. The van der Waals surface area contributed by atoms with E-state index in [1.165, 1.54) is 18.4 Å². The van der Waals surface area contributed by atoms with Crippen molar-refractivity contribution in [2.45, 2.75) is 26.2 Å². The Balaban J connectivity index is 1.72. The third-order valence-corrected chi connectivity index (χ3v) is 5.33. The Bertz CT molecular complexity index is 705. The van der Waals surface area contributed by atoms with Crippen molar-refractivity contribution in [1.82, 2.24) is 19.6 Å². The molecule has 1 aliphatic rings. The van der Waals surface area contributed by atoms with E-state index in [-0.39, 0.29) is 5.91 Å². The Morgan fingerprint density at radius 3 is 2.69 bits per heavy atom. The van der Waals surface area contributed by atoms with Crippen LogP contribution in [-0.2, 0) is 13.5 Å². The number of likely N-dealkylation sites (tertiary alicyclic amines) is 1. The monoisotopic (exact) mass is 354 g/mol. The highest BCUT2D eigenvalue weighted by Crippen LogP contribution is 2.18. The molecule has 2 aromatic rings. The summed E-state index contributed by atoms with van der Waals surface area (Å²) >= 11 is 0. The zero-order valence-corrected chi connectivity index (χ0v) is 16.2. The molecule has 0 spiro atoms. The predicted octanol–water partition coefficient (Wildman–Crippen LogP) is 2.76. The lowest BCUT2D eigenvalue weighted by molar-refractivity contribution is 0.0686. The van der Waals surface area contributed by atoms with Crippen LogP contribution < -0.4 is 0 Å². The molecule has 0 bridgehead atoms. The second-order valence-corrected chi connectivity index (χ2v) is 7.55. The molecule has 2 heterocycles. The topological polar surface area (TPSA) is 41.4 Å². The Labute approximate surface area is 156 Å². The smallest absolute Gasteiger partial charge is 0.274 e. The normalized spacial score (nSPS) is 18.0. The van der Waals surface area contributed by atoms with Gasteiger partial charge in [0.1, 0.15) is 0 Å². The Morgan fingerprint density at radius 2 is 2.04 bits per heavy atom. The number of hydrogen-bond acceptors (Lipinski definition) is 3. The van der Waals surface area contributed by atoms with Crippen molar-refractivity contribution in [3.8, 4) is 0 Å². The van der Waals surface area contributed by atoms with Crippen molar-refractivity contribution in [2.24, 2.45) is 13.0 Å². The fraction of sp³-hybridized carbons (Fsp3) is 0.524. The van der Waals surface area contributed by atoms with Crippen LogP contribution in [0, 0.1) is 12.8 Å². The fourth-order valence-corrected chi connectivity index (χ4v) is 3.75. The van der Waals surface area contributed by atoms with E-state index < -0.39 is 0 Å². The zero-order chi connectivity index (χ0) is 18.5. The second-order valence-electron chi connectivity index (χ2n) is 7.55. The standard InChI is InChI=1S/C21H30N4O/c1-17-14-20(22-24(17)3)21(26)25(13-11-18-8-5-4-6-9-18)16-19-10-7-12-23(2)15-19/h4-6,8-9,14,19H,7,10-13,15-16H2,1-3H3/t19-/m0/s1. The molecule has 1 atom stereocenters. The molecule has 0 N–H and O–H groups in total. The maximum Gasteiger partial charge on any atom is 0.274 e. The van der Waals surface area contributed by atoms with E-state index in [2.05, 4.69) is 41.3 Å². The first-order chi connectivity index (χ1) is 12.5. The number of rotatable bonds is 6. The number of carbonyl (C=O) groups excluding carboxylic acids is 1. The minimum Gasteiger partial charge on any atom is -0.337 e. The van der Waals surface area contributed by atoms with Gasteiger partial charge in [-0.25, -0.2) is 0 Å². The van der Waals surface area contributed by atoms with Gasteiger partial charge in [0, 0.05) is 32.4 Å². The summed E-state index contributed by atoms with van der Waals surface area (Å²) in [6.45, 7) is 5.75. The highest BCUT2D eigenvalue weighted by Gasteiger charge is 2.25. The molecule has 0 radical (unpaired) electrons. The van der Waals surface area contributed by atoms with Gasteiger partial charge in [-0.1, -0.05) is 30.3 Å². The van der Waals surface area contributed by atoms with Crippen molar-refractivity contribution >= 4 is 5.91 Å². The summed E-state index contributed by atoms with van der Waals surface area (Å²) in [5.41, 5.74) is 2.83. The molecule has 1 saturated heterocycles. The largest absolute Gasteiger partial charge is 0.337 e. The molecule has 140 valence electrons. The molecule has 1 aliphatic heterocycles. The van der Waals surface area contributed by atoms with Gasteiger partial charge in [0.05, 0.1) is 0 Å². The van der Waals surface area contributed by atoms with Crippen molar-refractivity contribution in [1.29, 1.82) is 0 Å². The Kier molecular flexibility index (Phi) is 6.09. The Hall–Kier alpha value is -2.14. The molecule has 3 rings (SSSR count). The first-order valence-corrected chi connectivity index (χ1v) is 9.55. The summed E-state index contributed by atoms with van der Waals surface area (Å²) in [6, 6.07) is 12.3. The minimum atomic E-state index is 0.0536. The molecular formula is C21H30N4O. The van der Waals surface area contributed by atoms with Crippen LogP contribution in [0.5, 0.6) is 0 Å². The summed E-state index contributed by atoms with van der Waals surface area (Å²) < 4.78 is 1.77. The van der Waals surface area contributed by atoms with Crippen LogP contribution >= 0.6 is 0 Å². The number of benzene rings is 1. The summed E-state index contributed by atoms with van der Waals surface area (Å²) in [5.74, 6) is 0.594. The predicted molar refractivity (Wildman–Crippen MR) is 104 cm³/mol. The molecule has 5 heteroatoms.